The van der Waals surface area contributed by atoms with Gasteiger partial charge in [0.1, 0.15) is 0 Å². The summed E-state index contributed by atoms with van der Waals surface area (Å²) < 4.78 is 1.67. The van der Waals surface area contributed by atoms with Crippen molar-refractivity contribution in [3.05, 3.63) is 33.2 Å². The summed E-state index contributed by atoms with van der Waals surface area (Å²) in [5.74, 6) is 0. The third-order valence-electron chi connectivity index (χ3n) is 2.31. The maximum atomic E-state index is 11.2. The summed E-state index contributed by atoms with van der Waals surface area (Å²) in [5.41, 5.74) is 3.40. The number of aromatic nitrogens is 1. The van der Waals surface area contributed by atoms with E-state index in [9.17, 15) is 4.79 Å². The minimum atomic E-state index is 0.0746. The molecule has 0 saturated heterocycles. The van der Waals surface area contributed by atoms with E-state index in [-0.39, 0.29) is 5.56 Å². The molecular weight excluding hydrogens is 138 g/mol. The lowest BCUT2D eigenvalue weighted by Crippen LogP contribution is -2.19. The third-order valence-corrected chi connectivity index (χ3v) is 2.31. The van der Waals surface area contributed by atoms with Gasteiger partial charge in [-0.15, -0.1) is 0 Å². The van der Waals surface area contributed by atoms with E-state index in [4.69, 9.17) is 0 Å². The van der Waals surface area contributed by atoms with E-state index in [1.165, 1.54) is 5.56 Å². The fraction of sp³-hybridized carbons (Fsp3) is 0.444. The Labute approximate surface area is 66.5 Å². The summed E-state index contributed by atoms with van der Waals surface area (Å²) in [6.07, 6.45) is 0. The molecule has 0 aromatic carbocycles. The smallest absolute Gasteiger partial charge is 0.250 e. The van der Waals surface area contributed by atoms with Gasteiger partial charge in [-0.3, -0.25) is 4.79 Å². The van der Waals surface area contributed by atoms with Gasteiger partial charge < -0.3 is 4.57 Å². The zero-order chi connectivity index (χ0) is 8.59. The number of hydrogen-bond acceptors (Lipinski definition) is 1. The van der Waals surface area contributed by atoms with Gasteiger partial charge in [-0.2, -0.15) is 0 Å². The van der Waals surface area contributed by atoms with Gasteiger partial charge in [0.05, 0.1) is 0 Å². The van der Waals surface area contributed by atoms with Gasteiger partial charge in [-0.1, -0.05) is 0 Å². The van der Waals surface area contributed by atoms with Crippen LogP contribution in [0.5, 0.6) is 0 Å². The lowest BCUT2D eigenvalue weighted by molar-refractivity contribution is 0.803. The molecule has 1 aromatic heterocycles. The first-order chi connectivity index (χ1) is 5.04. The molecule has 0 radical (unpaired) electrons. The van der Waals surface area contributed by atoms with Crippen LogP contribution in [0.15, 0.2) is 10.9 Å². The first kappa shape index (κ1) is 8.05. The molecule has 0 spiro atoms. The summed E-state index contributed by atoms with van der Waals surface area (Å²) in [5, 5.41) is 0. The van der Waals surface area contributed by atoms with Gasteiger partial charge in [0, 0.05) is 18.8 Å². The van der Waals surface area contributed by atoms with E-state index in [1.54, 1.807) is 17.7 Å². The number of nitrogens with zero attached hydrogens (tertiary/aromatic N) is 1. The molecule has 2 heteroatoms. The van der Waals surface area contributed by atoms with Crippen LogP contribution in [0.3, 0.4) is 0 Å². The first-order valence-electron chi connectivity index (χ1n) is 3.68. The Morgan fingerprint density at radius 3 is 2.36 bits per heavy atom. The molecule has 0 fully saturated rings. The second-order valence-electron chi connectivity index (χ2n) is 2.94. The summed E-state index contributed by atoms with van der Waals surface area (Å²) in [6, 6.07) is 1.67. The average molecular weight is 151 g/mol. The monoisotopic (exact) mass is 151 g/mol. The van der Waals surface area contributed by atoms with Crippen LogP contribution in [0.25, 0.3) is 0 Å². The topological polar surface area (TPSA) is 22.0 Å². The van der Waals surface area contributed by atoms with Crippen molar-refractivity contribution in [1.29, 1.82) is 0 Å². The molecule has 1 heterocycles. The van der Waals surface area contributed by atoms with E-state index < -0.39 is 0 Å². The standard InChI is InChI=1S/C9H13NO/c1-6-5-9(11)10(4)8(3)7(6)2/h5H,1-4H3. The quantitative estimate of drug-likeness (QED) is 0.548. The van der Waals surface area contributed by atoms with Crippen molar-refractivity contribution in [2.45, 2.75) is 20.8 Å². The summed E-state index contributed by atoms with van der Waals surface area (Å²) in [4.78, 5) is 11.2. The molecule has 0 unspecified atom stereocenters. The highest BCUT2D eigenvalue weighted by atomic mass is 16.1. The van der Waals surface area contributed by atoms with Crippen molar-refractivity contribution >= 4 is 0 Å². The molecule has 0 aliphatic heterocycles. The zero-order valence-electron chi connectivity index (χ0n) is 7.43. The zero-order valence-corrected chi connectivity index (χ0v) is 7.43. The van der Waals surface area contributed by atoms with E-state index >= 15 is 0 Å². The number of pyridine rings is 1. The van der Waals surface area contributed by atoms with Gasteiger partial charge in [0.15, 0.2) is 0 Å². The van der Waals surface area contributed by atoms with E-state index in [0.29, 0.717) is 0 Å². The van der Waals surface area contributed by atoms with Crippen LogP contribution in [0.1, 0.15) is 16.8 Å². The Balaban J connectivity index is 3.59. The second kappa shape index (κ2) is 2.53. The fourth-order valence-corrected chi connectivity index (χ4v) is 1.09. The fourth-order valence-electron chi connectivity index (χ4n) is 1.09. The normalized spacial score (nSPS) is 10.2. The van der Waals surface area contributed by atoms with E-state index in [0.717, 1.165) is 11.3 Å². The van der Waals surface area contributed by atoms with Gasteiger partial charge >= 0.3 is 0 Å². The minimum Gasteiger partial charge on any atom is -0.316 e. The average Bonchev–Trinajstić information content (AvgIpc) is 1.97. The minimum absolute atomic E-state index is 0.0746. The second-order valence-corrected chi connectivity index (χ2v) is 2.94. The molecular formula is C9H13NO. The van der Waals surface area contributed by atoms with Crippen molar-refractivity contribution in [1.82, 2.24) is 4.57 Å². The Morgan fingerprint density at radius 1 is 1.27 bits per heavy atom. The van der Waals surface area contributed by atoms with Gasteiger partial charge in [0.2, 0.25) is 0 Å². The Kier molecular flexibility index (Phi) is 1.85. The van der Waals surface area contributed by atoms with Crippen LogP contribution < -0.4 is 5.56 Å². The molecule has 2 nitrogen and oxygen atoms in total. The predicted octanol–water partition coefficient (Wildman–Crippen LogP) is 1.31. The van der Waals surface area contributed by atoms with Gasteiger partial charge in [-0.05, 0) is 31.9 Å². The van der Waals surface area contributed by atoms with Crippen molar-refractivity contribution in [3.8, 4) is 0 Å². The lowest BCUT2D eigenvalue weighted by Gasteiger charge is -2.08. The van der Waals surface area contributed by atoms with Crippen LogP contribution in [0.4, 0.5) is 0 Å². The van der Waals surface area contributed by atoms with Crippen LogP contribution in [-0.2, 0) is 7.05 Å². The lowest BCUT2D eigenvalue weighted by atomic mass is 10.1. The Bertz CT molecular complexity index is 336. The first-order valence-corrected chi connectivity index (χ1v) is 3.68. The molecule has 0 atom stereocenters. The van der Waals surface area contributed by atoms with Gasteiger partial charge in [-0.25, -0.2) is 0 Å². The summed E-state index contributed by atoms with van der Waals surface area (Å²) in [7, 11) is 1.80. The van der Waals surface area contributed by atoms with Gasteiger partial charge in [0.25, 0.3) is 5.56 Å². The number of rotatable bonds is 0. The van der Waals surface area contributed by atoms with E-state index in [2.05, 4.69) is 0 Å². The highest BCUT2D eigenvalue weighted by Crippen LogP contribution is 2.06. The van der Waals surface area contributed by atoms with Crippen LogP contribution in [0.2, 0.25) is 0 Å². The largest absolute Gasteiger partial charge is 0.316 e. The third kappa shape index (κ3) is 1.20. The maximum Gasteiger partial charge on any atom is 0.250 e. The molecule has 0 saturated carbocycles. The van der Waals surface area contributed by atoms with Crippen molar-refractivity contribution in [2.24, 2.45) is 7.05 Å². The highest BCUT2D eigenvalue weighted by molar-refractivity contribution is 5.27. The van der Waals surface area contributed by atoms with Crippen molar-refractivity contribution < 1.29 is 0 Å². The summed E-state index contributed by atoms with van der Waals surface area (Å²) >= 11 is 0. The Morgan fingerprint density at radius 2 is 1.82 bits per heavy atom. The molecule has 0 amide bonds. The Hall–Kier alpha value is -1.05. The van der Waals surface area contributed by atoms with Crippen LogP contribution in [0, 0.1) is 20.8 Å². The molecule has 1 rings (SSSR count). The molecule has 11 heavy (non-hydrogen) atoms. The van der Waals surface area contributed by atoms with E-state index in [1.807, 2.05) is 20.8 Å². The van der Waals surface area contributed by atoms with Crippen molar-refractivity contribution in [3.63, 3.8) is 0 Å². The molecule has 0 bridgehead atoms. The summed E-state index contributed by atoms with van der Waals surface area (Å²) in [6.45, 7) is 5.96. The molecule has 0 aliphatic carbocycles. The highest BCUT2D eigenvalue weighted by Gasteiger charge is 2.01. The molecule has 0 aliphatic rings. The molecule has 60 valence electrons. The molecule has 0 N–H and O–H groups in total. The number of hydrogen-bond donors (Lipinski definition) is 0. The number of aryl methyl sites for hydroxylation is 1. The van der Waals surface area contributed by atoms with Crippen LogP contribution >= 0.6 is 0 Å². The molecule has 1 aromatic rings. The SMILES string of the molecule is Cc1cc(=O)n(C)c(C)c1C. The predicted molar refractivity (Wildman–Crippen MR) is 45.9 cm³/mol. The van der Waals surface area contributed by atoms with Crippen molar-refractivity contribution in [2.75, 3.05) is 0 Å². The maximum absolute atomic E-state index is 11.2. The van der Waals surface area contributed by atoms with Crippen LogP contribution in [-0.4, -0.2) is 4.57 Å².